The van der Waals surface area contributed by atoms with Crippen LogP contribution in [0.3, 0.4) is 0 Å². The molecule has 1 aromatic heterocycles. The van der Waals surface area contributed by atoms with Crippen molar-refractivity contribution in [2.75, 3.05) is 24.2 Å². The predicted molar refractivity (Wildman–Crippen MR) is 85.3 cm³/mol. The summed E-state index contributed by atoms with van der Waals surface area (Å²) in [5.74, 6) is 3.71. The summed E-state index contributed by atoms with van der Waals surface area (Å²) in [6, 6.07) is 2.00. The van der Waals surface area contributed by atoms with Gasteiger partial charge in [-0.2, -0.15) is 0 Å². The van der Waals surface area contributed by atoms with E-state index in [2.05, 4.69) is 27.5 Å². The average Bonchev–Trinajstić information content (AvgIpc) is 2.48. The second kappa shape index (κ2) is 8.08. The summed E-state index contributed by atoms with van der Waals surface area (Å²) in [7, 11) is 1.91. The van der Waals surface area contributed by atoms with Crippen molar-refractivity contribution < 1.29 is 0 Å². The molecule has 0 amide bonds. The highest BCUT2D eigenvalue weighted by Crippen LogP contribution is 2.26. The fourth-order valence-corrected chi connectivity index (χ4v) is 2.93. The van der Waals surface area contributed by atoms with Crippen LogP contribution in [0.4, 0.5) is 11.6 Å². The maximum Gasteiger partial charge on any atom is 0.133 e. The highest BCUT2D eigenvalue weighted by Gasteiger charge is 2.12. The summed E-state index contributed by atoms with van der Waals surface area (Å²) in [5.41, 5.74) is 0. The van der Waals surface area contributed by atoms with Crippen molar-refractivity contribution >= 4 is 11.6 Å². The van der Waals surface area contributed by atoms with Crippen LogP contribution in [0, 0.1) is 5.92 Å². The van der Waals surface area contributed by atoms with Gasteiger partial charge in [0.1, 0.15) is 17.5 Å². The summed E-state index contributed by atoms with van der Waals surface area (Å²) in [5, 5.41) is 6.59. The molecule has 4 nitrogen and oxygen atoms in total. The lowest BCUT2D eigenvalue weighted by atomic mass is 9.87. The number of nitrogens with zero attached hydrogens (tertiary/aromatic N) is 2. The maximum atomic E-state index is 4.59. The molecule has 1 aliphatic rings. The van der Waals surface area contributed by atoms with Crippen molar-refractivity contribution in [2.45, 2.75) is 58.3 Å². The molecule has 0 spiro atoms. The lowest BCUT2D eigenvalue weighted by Gasteiger charge is -2.21. The highest BCUT2D eigenvalue weighted by atomic mass is 15.1. The lowest BCUT2D eigenvalue weighted by Crippen LogP contribution is -2.13. The Balaban J connectivity index is 1.85. The van der Waals surface area contributed by atoms with Crippen molar-refractivity contribution in [2.24, 2.45) is 5.92 Å². The molecule has 0 bridgehead atoms. The van der Waals surface area contributed by atoms with Crippen molar-refractivity contribution in [1.82, 2.24) is 9.97 Å². The van der Waals surface area contributed by atoms with Crippen LogP contribution in [0.15, 0.2) is 6.07 Å². The monoisotopic (exact) mass is 276 g/mol. The van der Waals surface area contributed by atoms with Gasteiger partial charge in [0.2, 0.25) is 0 Å². The van der Waals surface area contributed by atoms with E-state index in [1.807, 2.05) is 13.1 Å². The summed E-state index contributed by atoms with van der Waals surface area (Å²) in [4.78, 5) is 9.07. The van der Waals surface area contributed by atoms with Crippen molar-refractivity contribution in [1.29, 1.82) is 0 Å². The molecule has 1 aromatic rings. The molecule has 1 fully saturated rings. The van der Waals surface area contributed by atoms with Gasteiger partial charge in [0.15, 0.2) is 0 Å². The van der Waals surface area contributed by atoms with E-state index in [-0.39, 0.29) is 0 Å². The third-order valence-electron chi connectivity index (χ3n) is 4.09. The summed E-state index contributed by atoms with van der Waals surface area (Å²) < 4.78 is 0. The first-order valence-electron chi connectivity index (χ1n) is 8.11. The quantitative estimate of drug-likeness (QED) is 0.794. The molecular weight excluding hydrogens is 248 g/mol. The van der Waals surface area contributed by atoms with Gasteiger partial charge in [0.05, 0.1) is 0 Å². The van der Waals surface area contributed by atoms with Gasteiger partial charge in [-0.3, -0.25) is 0 Å². The first-order valence-corrected chi connectivity index (χ1v) is 8.11. The average molecular weight is 276 g/mol. The van der Waals surface area contributed by atoms with E-state index in [4.69, 9.17) is 0 Å². The Morgan fingerprint density at radius 2 is 1.90 bits per heavy atom. The Kier molecular flexibility index (Phi) is 6.09. The zero-order valence-corrected chi connectivity index (χ0v) is 12.9. The highest BCUT2D eigenvalue weighted by molar-refractivity contribution is 5.47. The van der Waals surface area contributed by atoms with Crippen molar-refractivity contribution in [3.63, 3.8) is 0 Å². The third-order valence-corrected chi connectivity index (χ3v) is 4.09. The Labute approximate surface area is 122 Å². The van der Waals surface area contributed by atoms with Crippen LogP contribution < -0.4 is 10.6 Å². The maximum absolute atomic E-state index is 4.59. The van der Waals surface area contributed by atoms with E-state index in [1.54, 1.807) is 0 Å². The zero-order valence-electron chi connectivity index (χ0n) is 12.9. The first kappa shape index (κ1) is 15.1. The van der Waals surface area contributed by atoms with Crippen LogP contribution in [0.1, 0.15) is 57.7 Å². The molecule has 1 heterocycles. The molecule has 2 N–H and O–H groups in total. The second-order valence-corrected chi connectivity index (χ2v) is 5.77. The molecule has 0 unspecified atom stereocenters. The van der Waals surface area contributed by atoms with Crippen LogP contribution in [-0.2, 0) is 6.42 Å². The van der Waals surface area contributed by atoms with Crippen LogP contribution in [-0.4, -0.2) is 23.6 Å². The van der Waals surface area contributed by atoms with Gasteiger partial charge in [-0.15, -0.1) is 0 Å². The molecule has 0 atom stereocenters. The molecule has 0 aromatic carbocycles. The van der Waals surface area contributed by atoms with Crippen LogP contribution in [0.2, 0.25) is 0 Å². The van der Waals surface area contributed by atoms with Gasteiger partial charge >= 0.3 is 0 Å². The standard InChI is InChI=1S/C16H28N4/c1-3-7-14-19-15(17-2)12-16(20-14)18-11-10-13-8-5-4-6-9-13/h12-13H,3-11H2,1-2H3,(H2,17,18,19,20). The molecule has 1 saturated carbocycles. The van der Waals surface area contributed by atoms with Crippen molar-refractivity contribution in [3.05, 3.63) is 11.9 Å². The van der Waals surface area contributed by atoms with E-state index in [0.717, 1.165) is 42.8 Å². The molecule has 0 aliphatic heterocycles. The molecule has 0 saturated heterocycles. The minimum absolute atomic E-state index is 0.906. The van der Waals surface area contributed by atoms with Gasteiger partial charge in [-0.1, -0.05) is 39.0 Å². The van der Waals surface area contributed by atoms with Gasteiger partial charge < -0.3 is 10.6 Å². The van der Waals surface area contributed by atoms with Crippen LogP contribution in [0.5, 0.6) is 0 Å². The summed E-state index contributed by atoms with van der Waals surface area (Å²) >= 11 is 0. The number of aryl methyl sites for hydroxylation is 1. The van der Waals surface area contributed by atoms with E-state index in [1.165, 1.54) is 38.5 Å². The van der Waals surface area contributed by atoms with E-state index >= 15 is 0 Å². The number of anilines is 2. The normalized spacial score (nSPS) is 16.1. The van der Waals surface area contributed by atoms with E-state index in [9.17, 15) is 0 Å². The molecule has 2 rings (SSSR count). The van der Waals surface area contributed by atoms with E-state index < -0.39 is 0 Å². The van der Waals surface area contributed by atoms with E-state index in [0.29, 0.717) is 0 Å². The Bertz CT molecular complexity index is 399. The Morgan fingerprint density at radius 3 is 2.60 bits per heavy atom. The van der Waals surface area contributed by atoms with Gasteiger partial charge in [0.25, 0.3) is 0 Å². The topological polar surface area (TPSA) is 49.8 Å². The van der Waals surface area contributed by atoms with Gasteiger partial charge in [0, 0.05) is 26.1 Å². The zero-order chi connectivity index (χ0) is 14.2. The first-order chi connectivity index (χ1) is 9.81. The Hall–Kier alpha value is -1.32. The third kappa shape index (κ3) is 4.66. The number of hydrogen-bond acceptors (Lipinski definition) is 4. The van der Waals surface area contributed by atoms with Gasteiger partial charge in [-0.25, -0.2) is 9.97 Å². The number of hydrogen-bond donors (Lipinski definition) is 2. The number of nitrogens with one attached hydrogen (secondary N) is 2. The fourth-order valence-electron chi connectivity index (χ4n) is 2.93. The molecule has 4 heteroatoms. The van der Waals surface area contributed by atoms with Gasteiger partial charge in [-0.05, 0) is 18.8 Å². The minimum Gasteiger partial charge on any atom is -0.373 e. The minimum atomic E-state index is 0.906. The lowest BCUT2D eigenvalue weighted by molar-refractivity contribution is 0.345. The number of aromatic nitrogens is 2. The van der Waals surface area contributed by atoms with Crippen LogP contribution >= 0.6 is 0 Å². The molecular formula is C16H28N4. The largest absolute Gasteiger partial charge is 0.373 e. The predicted octanol–water partition coefficient (Wildman–Crippen LogP) is 3.85. The fraction of sp³-hybridized carbons (Fsp3) is 0.750. The smallest absolute Gasteiger partial charge is 0.133 e. The Morgan fingerprint density at radius 1 is 1.15 bits per heavy atom. The van der Waals surface area contributed by atoms with Crippen LogP contribution in [0.25, 0.3) is 0 Å². The summed E-state index contributed by atoms with van der Waals surface area (Å²) in [6.45, 7) is 3.18. The van der Waals surface area contributed by atoms with Crippen molar-refractivity contribution in [3.8, 4) is 0 Å². The SMILES string of the molecule is CCCc1nc(NC)cc(NCCC2CCCCC2)n1. The number of rotatable bonds is 7. The molecule has 0 radical (unpaired) electrons. The molecule has 112 valence electrons. The summed E-state index contributed by atoms with van der Waals surface area (Å²) in [6.07, 6.45) is 10.4. The molecule has 1 aliphatic carbocycles. The second-order valence-electron chi connectivity index (χ2n) is 5.77. The molecule has 20 heavy (non-hydrogen) atoms.